The molecule has 1 unspecified atom stereocenters. The van der Waals surface area contributed by atoms with E-state index in [2.05, 4.69) is 0 Å². The largest absolute Gasteiger partial charge is 0.506 e. The van der Waals surface area contributed by atoms with Crippen molar-refractivity contribution >= 4 is 23.1 Å². The SMILES string of the molecule is COc1ccccc1C1/C(=C(\O)c2c(OC)cccc2OC)C(=O)C(=O)N1c1ccccc1O. The van der Waals surface area contributed by atoms with Crippen LogP contribution in [0.3, 0.4) is 0 Å². The lowest BCUT2D eigenvalue weighted by Gasteiger charge is -2.27. The first kappa shape index (κ1) is 22.7. The molecule has 4 rings (SSSR count). The number of amides is 1. The van der Waals surface area contributed by atoms with Gasteiger partial charge in [0.15, 0.2) is 0 Å². The van der Waals surface area contributed by atoms with E-state index in [1.54, 1.807) is 54.6 Å². The van der Waals surface area contributed by atoms with Crippen LogP contribution in [-0.4, -0.2) is 43.2 Å². The Balaban J connectivity index is 2.07. The van der Waals surface area contributed by atoms with Crippen LogP contribution in [0, 0.1) is 0 Å². The minimum atomic E-state index is -1.10. The molecule has 0 radical (unpaired) electrons. The molecule has 1 aliphatic heterocycles. The highest BCUT2D eigenvalue weighted by Crippen LogP contribution is 2.48. The number of ketones is 1. The highest BCUT2D eigenvalue weighted by atomic mass is 16.5. The highest BCUT2D eigenvalue weighted by molar-refractivity contribution is 6.52. The van der Waals surface area contributed by atoms with Crippen LogP contribution in [-0.2, 0) is 9.59 Å². The first-order valence-corrected chi connectivity index (χ1v) is 10.4. The van der Waals surface area contributed by atoms with Gasteiger partial charge in [-0.05, 0) is 30.3 Å². The second-order valence-corrected chi connectivity index (χ2v) is 7.44. The van der Waals surface area contributed by atoms with Gasteiger partial charge in [0.25, 0.3) is 11.7 Å². The van der Waals surface area contributed by atoms with Crippen molar-refractivity contribution in [1.29, 1.82) is 0 Å². The molecule has 8 nitrogen and oxygen atoms in total. The van der Waals surface area contributed by atoms with Crippen LogP contribution in [0.1, 0.15) is 17.2 Å². The van der Waals surface area contributed by atoms with Crippen molar-refractivity contribution in [3.05, 3.63) is 83.4 Å². The molecular formula is C26H23NO7. The fourth-order valence-electron chi connectivity index (χ4n) is 4.15. The molecule has 34 heavy (non-hydrogen) atoms. The lowest BCUT2D eigenvalue weighted by Crippen LogP contribution is -2.29. The van der Waals surface area contributed by atoms with E-state index in [1.165, 1.54) is 33.5 Å². The Morgan fingerprint density at radius 3 is 1.97 bits per heavy atom. The lowest BCUT2D eigenvalue weighted by molar-refractivity contribution is -0.132. The molecule has 1 atom stereocenters. The summed E-state index contributed by atoms with van der Waals surface area (Å²) < 4.78 is 16.3. The summed E-state index contributed by atoms with van der Waals surface area (Å²) in [6.45, 7) is 0. The van der Waals surface area contributed by atoms with Gasteiger partial charge in [-0.1, -0.05) is 36.4 Å². The summed E-state index contributed by atoms with van der Waals surface area (Å²) in [6.07, 6.45) is 0. The molecule has 2 N–H and O–H groups in total. The van der Waals surface area contributed by atoms with E-state index < -0.39 is 23.5 Å². The third kappa shape index (κ3) is 3.59. The quantitative estimate of drug-likeness (QED) is 0.324. The summed E-state index contributed by atoms with van der Waals surface area (Å²) in [5, 5.41) is 22.0. The van der Waals surface area contributed by atoms with Gasteiger partial charge in [0.1, 0.15) is 34.3 Å². The zero-order chi connectivity index (χ0) is 24.4. The Hall–Kier alpha value is -4.46. The Bertz CT molecular complexity index is 1280. The molecule has 1 fully saturated rings. The van der Waals surface area contributed by atoms with Crippen LogP contribution >= 0.6 is 0 Å². The number of para-hydroxylation sites is 3. The van der Waals surface area contributed by atoms with Gasteiger partial charge in [-0.3, -0.25) is 14.5 Å². The van der Waals surface area contributed by atoms with Crippen molar-refractivity contribution in [2.75, 3.05) is 26.2 Å². The monoisotopic (exact) mass is 461 g/mol. The molecule has 1 saturated heterocycles. The van der Waals surface area contributed by atoms with Gasteiger partial charge >= 0.3 is 0 Å². The van der Waals surface area contributed by atoms with E-state index in [-0.39, 0.29) is 34.1 Å². The van der Waals surface area contributed by atoms with Crippen LogP contribution in [0.25, 0.3) is 5.76 Å². The highest BCUT2D eigenvalue weighted by Gasteiger charge is 2.49. The lowest BCUT2D eigenvalue weighted by atomic mass is 9.93. The standard InChI is InChI=1S/C26H23NO7/c1-32-18-12-7-4-9-15(18)23-22(24(29)21-19(33-2)13-8-14-20(21)34-3)25(30)26(31)27(23)16-10-5-6-11-17(16)28/h4-14,23,28-29H,1-3H3/b24-22+. The van der Waals surface area contributed by atoms with E-state index in [0.717, 1.165) is 4.90 Å². The smallest absolute Gasteiger partial charge is 0.300 e. The number of aliphatic hydroxyl groups is 1. The number of carbonyl (C=O) groups excluding carboxylic acids is 2. The summed E-state index contributed by atoms with van der Waals surface area (Å²) in [5.74, 6) is -1.60. The number of methoxy groups -OCH3 is 3. The molecule has 1 aliphatic rings. The van der Waals surface area contributed by atoms with Crippen molar-refractivity contribution in [2.24, 2.45) is 0 Å². The van der Waals surface area contributed by atoms with Crippen LogP contribution < -0.4 is 19.1 Å². The molecule has 0 saturated carbocycles. The van der Waals surface area contributed by atoms with Gasteiger partial charge in [-0.25, -0.2) is 0 Å². The summed E-state index contributed by atoms with van der Waals surface area (Å²) in [4.78, 5) is 27.9. The molecule has 1 heterocycles. The first-order chi connectivity index (χ1) is 16.4. The summed E-state index contributed by atoms with van der Waals surface area (Å²) >= 11 is 0. The van der Waals surface area contributed by atoms with E-state index >= 15 is 0 Å². The van der Waals surface area contributed by atoms with Crippen LogP contribution in [0.5, 0.6) is 23.0 Å². The number of aromatic hydroxyl groups is 1. The number of aliphatic hydroxyl groups excluding tert-OH is 1. The molecule has 0 spiro atoms. The third-order valence-corrected chi connectivity index (χ3v) is 5.68. The Labute approximate surface area is 196 Å². The number of phenols is 1. The zero-order valence-electron chi connectivity index (χ0n) is 18.8. The molecule has 8 heteroatoms. The van der Waals surface area contributed by atoms with Crippen molar-refractivity contribution < 1.29 is 34.0 Å². The maximum atomic E-state index is 13.4. The molecule has 0 bridgehead atoms. The number of carbonyl (C=O) groups is 2. The van der Waals surface area contributed by atoms with Crippen LogP contribution in [0.2, 0.25) is 0 Å². The fourth-order valence-corrected chi connectivity index (χ4v) is 4.15. The number of rotatable bonds is 6. The molecule has 174 valence electrons. The summed E-state index contributed by atoms with van der Waals surface area (Å²) in [5.41, 5.74) is 0.498. The van der Waals surface area contributed by atoms with Gasteiger partial charge in [0.2, 0.25) is 0 Å². The number of hydrogen-bond donors (Lipinski definition) is 2. The number of phenolic OH excluding ortho intramolecular Hbond substituents is 1. The maximum Gasteiger partial charge on any atom is 0.300 e. The molecule has 0 aliphatic carbocycles. The summed E-state index contributed by atoms with van der Waals surface area (Å²) in [6, 6.07) is 16.8. The van der Waals surface area contributed by atoms with Gasteiger partial charge < -0.3 is 24.4 Å². The molecule has 0 aromatic heterocycles. The van der Waals surface area contributed by atoms with Gasteiger partial charge in [0.05, 0.1) is 38.6 Å². The van der Waals surface area contributed by atoms with Crippen molar-refractivity contribution in [2.45, 2.75) is 6.04 Å². The Morgan fingerprint density at radius 2 is 1.35 bits per heavy atom. The van der Waals surface area contributed by atoms with Gasteiger partial charge in [-0.15, -0.1) is 0 Å². The number of hydrogen-bond acceptors (Lipinski definition) is 7. The molecule has 3 aromatic rings. The summed E-state index contributed by atoms with van der Waals surface area (Å²) in [7, 11) is 4.31. The van der Waals surface area contributed by atoms with Crippen molar-refractivity contribution in [3.63, 3.8) is 0 Å². The Morgan fingerprint density at radius 1 is 0.794 bits per heavy atom. The minimum Gasteiger partial charge on any atom is -0.506 e. The predicted molar refractivity (Wildman–Crippen MR) is 125 cm³/mol. The fraction of sp³-hybridized carbons (Fsp3) is 0.154. The topological polar surface area (TPSA) is 106 Å². The van der Waals surface area contributed by atoms with Crippen molar-refractivity contribution in [1.82, 2.24) is 0 Å². The first-order valence-electron chi connectivity index (χ1n) is 10.4. The number of ether oxygens (including phenoxy) is 3. The van der Waals surface area contributed by atoms with Crippen molar-refractivity contribution in [3.8, 4) is 23.0 Å². The normalized spacial score (nSPS) is 17.0. The van der Waals surface area contributed by atoms with E-state index in [1.807, 2.05) is 0 Å². The average Bonchev–Trinajstić information content (AvgIpc) is 3.13. The van der Waals surface area contributed by atoms with Crippen LogP contribution in [0.4, 0.5) is 5.69 Å². The average molecular weight is 461 g/mol. The molecular weight excluding hydrogens is 438 g/mol. The zero-order valence-corrected chi connectivity index (χ0v) is 18.8. The minimum absolute atomic E-state index is 0.117. The predicted octanol–water partition coefficient (Wildman–Crippen LogP) is 4.04. The second-order valence-electron chi connectivity index (χ2n) is 7.44. The number of anilines is 1. The molecule has 1 amide bonds. The second kappa shape index (κ2) is 9.19. The number of nitrogens with zero attached hydrogens (tertiary/aromatic N) is 1. The van der Waals surface area contributed by atoms with Crippen LogP contribution in [0.15, 0.2) is 72.3 Å². The number of benzene rings is 3. The van der Waals surface area contributed by atoms with E-state index in [9.17, 15) is 19.8 Å². The van der Waals surface area contributed by atoms with Gasteiger partial charge in [-0.2, -0.15) is 0 Å². The number of Topliss-reactive ketones (excluding diaryl/α,β-unsaturated/α-hetero) is 1. The van der Waals surface area contributed by atoms with E-state index in [0.29, 0.717) is 11.3 Å². The van der Waals surface area contributed by atoms with Gasteiger partial charge in [0, 0.05) is 5.56 Å². The van der Waals surface area contributed by atoms with E-state index in [4.69, 9.17) is 14.2 Å². The Kier molecular flexibility index (Phi) is 6.14. The molecule has 3 aromatic carbocycles. The third-order valence-electron chi connectivity index (χ3n) is 5.68. The maximum absolute atomic E-state index is 13.4.